The van der Waals surface area contributed by atoms with Gasteiger partial charge in [-0.15, -0.1) is 0 Å². The number of benzene rings is 1. The van der Waals surface area contributed by atoms with Crippen molar-refractivity contribution in [2.24, 2.45) is 0 Å². The predicted octanol–water partition coefficient (Wildman–Crippen LogP) is 3.21. The van der Waals surface area contributed by atoms with E-state index in [0.717, 1.165) is 5.56 Å². The molecule has 0 spiro atoms. The Morgan fingerprint density at radius 1 is 1.21 bits per heavy atom. The average molecular weight is 375 g/mol. The Balaban J connectivity index is 1.73. The van der Waals surface area contributed by atoms with Gasteiger partial charge in [0.15, 0.2) is 0 Å². The number of hydrogen-bond donors (Lipinski definition) is 3. The Hall–Kier alpha value is -3.87. The highest BCUT2D eigenvalue weighted by atomic mass is 19.1. The summed E-state index contributed by atoms with van der Waals surface area (Å²) in [5.74, 6) is -0.745. The lowest BCUT2D eigenvalue weighted by atomic mass is 10.1. The fraction of sp³-hybridized carbons (Fsp3) is 0.0476. The largest absolute Gasteiger partial charge is 0.397 e. The minimum Gasteiger partial charge on any atom is -0.397 e. The van der Waals surface area contributed by atoms with Crippen LogP contribution in [0.1, 0.15) is 27.3 Å². The van der Waals surface area contributed by atoms with E-state index in [9.17, 15) is 9.18 Å². The van der Waals surface area contributed by atoms with Gasteiger partial charge in [-0.1, -0.05) is 24.3 Å². The van der Waals surface area contributed by atoms with Crippen molar-refractivity contribution >= 4 is 23.4 Å². The fourth-order valence-electron chi connectivity index (χ4n) is 2.46. The maximum atomic E-state index is 13.2. The molecule has 3 rings (SSSR count). The van der Waals surface area contributed by atoms with Crippen molar-refractivity contribution < 1.29 is 9.18 Å². The van der Waals surface area contributed by atoms with Gasteiger partial charge in [-0.25, -0.2) is 9.37 Å². The summed E-state index contributed by atoms with van der Waals surface area (Å²) in [5, 5.41) is 10.9. The Morgan fingerprint density at radius 2 is 2.07 bits per heavy atom. The molecule has 0 saturated carbocycles. The van der Waals surface area contributed by atoms with Crippen LogP contribution in [0.2, 0.25) is 0 Å². The number of nitrogens with zero attached hydrogens (tertiary/aromatic N) is 2. The number of nitrogen functional groups attached to an aromatic ring is 1. The summed E-state index contributed by atoms with van der Waals surface area (Å²) in [4.78, 5) is 20.6. The number of rotatable bonds is 6. The SMILES string of the molecule is N=C(/C=C/c1cccc(F)c1)c1nc(C(=O)NCc2cccnc2)ccc1N. The normalized spacial score (nSPS) is 10.8. The average Bonchev–Trinajstić information content (AvgIpc) is 2.71. The molecular formula is C21H18FN5O. The Morgan fingerprint density at radius 3 is 2.82 bits per heavy atom. The van der Waals surface area contributed by atoms with Gasteiger partial charge in [-0.05, 0) is 47.5 Å². The van der Waals surface area contributed by atoms with Gasteiger partial charge in [0.2, 0.25) is 0 Å². The van der Waals surface area contributed by atoms with Crippen molar-refractivity contribution in [1.82, 2.24) is 15.3 Å². The molecule has 0 fully saturated rings. The Labute approximate surface area is 161 Å². The molecule has 0 saturated heterocycles. The number of hydrogen-bond acceptors (Lipinski definition) is 5. The fourth-order valence-corrected chi connectivity index (χ4v) is 2.46. The summed E-state index contributed by atoms with van der Waals surface area (Å²) in [7, 11) is 0. The molecule has 6 nitrogen and oxygen atoms in total. The quantitative estimate of drug-likeness (QED) is 0.575. The lowest BCUT2D eigenvalue weighted by Gasteiger charge is -2.08. The maximum Gasteiger partial charge on any atom is 0.270 e. The molecule has 0 aliphatic carbocycles. The molecule has 2 aromatic heterocycles. The molecular weight excluding hydrogens is 357 g/mol. The zero-order valence-corrected chi connectivity index (χ0v) is 14.9. The van der Waals surface area contributed by atoms with Crippen LogP contribution in [0.4, 0.5) is 10.1 Å². The topological polar surface area (TPSA) is 105 Å². The minimum absolute atomic E-state index is 0.0173. The molecule has 1 amide bonds. The number of halogens is 1. The van der Waals surface area contributed by atoms with E-state index in [4.69, 9.17) is 11.1 Å². The summed E-state index contributed by atoms with van der Waals surface area (Å²) in [6.45, 7) is 0.310. The zero-order chi connectivity index (χ0) is 19.9. The van der Waals surface area contributed by atoms with Crippen molar-refractivity contribution in [3.63, 3.8) is 0 Å². The molecule has 0 aliphatic heterocycles. The molecule has 2 heterocycles. The number of aromatic nitrogens is 2. The van der Waals surface area contributed by atoms with Crippen LogP contribution in [0.3, 0.4) is 0 Å². The number of anilines is 1. The van der Waals surface area contributed by atoms with E-state index in [1.165, 1.54) is 30.3 Å². The zero-order valence-electron chi connectivity index (χ0n) is 14.9. The molecule has 0 aliphatic rings. The van der Waals surface area contributed by atoms with Crippen LogP contribution in [-0.2, 0) is 6.54 Å². The van der Waals surface area contributed by atoms with Crippen molar-refractivity contribution in [3.05, 3.63) is 95.3 Å². The molecule has 0 radical (unpaired) electrons. The molecule has 140 valence electrons. The van der Waals surface area contributed by atoms with Gasteiger partial charge in [0.25, 0.3) is 5.91 Å². The summed E-state index contributed by atoms with van der Waals surface area (Å²) < 4.78 is 13.2. The second-order valence-corrected chi connectivity index (χ2v) is 5.98. The summed E-state index contributed by atoms with van der Waals surface area (Å²) >= 11 is 0. The van der Waals surface area contributed by atoms with Crippen LogP contribution < -0.4 is 11.1 Å². The second-order valence-electron chi connectivity index (χ2n) is 5.98. The highest BCUT2D eigenvalue weighted by molar-refractivity contribution is 6.11. The number of nitrogens with one attached hydrogen (secondary N) is 2. The van der Waals surface area contributed by atoms with Crippen LogP contribution in [0.15, 0.2) is 67.0 Å². The smallest absolute Gasteiger partial charge is 0.270 e. The van der Waals surface area contributed by atoms with Crippen molar-refractivity contribution in [2.75, 3.05) is 5.73 Å². The van der Waals surface area contributed by atoms with E-state index in [1.807, 2.05) is 6.07 Å². The summed E-state index contributed by atoms with van der Waals surface area (Å²) in [5.41, 5.74) is 8.00. The first-order chi connectivity index (χ1) is 13.5. The van der Waals surface area contributed by atoms with E-state index in [2.05, 4.69) is 15.3 Å². The van der Waals surface area contributed by atoms with Crippen LogP contribution in [0.5, 0.6) is 0 Å². The Bertz CT molecular complexity index is 1030. The first kappa shape index (κ1) is 18.9. The predicted molar refractivity (Wildman–Crippen MR) is 106 cm³/mol. The number of carbonyl (C=O) groups excluding carboxylic acids is 1. The van der Waals surface area contributed by atoms with Crippen molar-refractivity contribution in [1.29, 1.82) is 5.41 Å². The lowest BCUT2D eigenvalue weighted by molar-refractivity contribution is 0.0946. The minimum atomic E-state index is -0.382. The van der Waals surface area contributed by atoms with Crippen LogP contribution in [0.25, 0.3) is 6.08 Å². The van der Waals surface area contributed by atoms with E-state index in [-0.39, 0.29) is 34.5 Å². The Kier molecular flexibility index (Phi) is 5.86. The van der Waals surface area contributed by atoms with Gasteiger partial charge in [0.05, 0.1) is 11.4 Å². The number of carbonyl (C=O) groups is 1. The molecule has 7 heteroatoms. The second kappa shape index (κ2) is 8.68. The van der Waals surface area contributed by atoms with Gasteiger partial charge in [-0.3, -0.25) is 15.2 Å². The standard InChI is InChI=1S/C21H18FN5O/c22-16-5-1-3-14(11-16)6-7-17(23)20-18(24)8-9-19(27-20)21(28)26-13-15-4-2-10-25-12-15/h1-12,23H,13,24H2,(H,26,28)/b7-6+,23-17?. The van der Waals surface area contributed by atoms with E-state index < -0.39 is 0 Å². The third kappa shape index (κ3) is 4.85. The van der Waals surface area contributed by atoms with Gasteiger partial charge in [0, 0.05) is 18.9 Å². The maximum absolute atomic E-state index is 13.2. The van der Waals surface area contributed by atoms with Gasteiger partial charge < -0.3 is 11.1 Å². The van der Waals surface area contributed by atoms with E-state index in [0.29, 0.717) is 12.1 Å². The first-order valence-corrected chi connectivity index (χ1v) is 8.49. The van der Waals surface area contributed by atoms with Gasteiger partial charge in [-0.2, -0.15) is 0 Å². The summed E-state index contributed by atoms with van der Waals surface area (Å²) in [6, 6.07) is 12.7. The molecule has 0 bridgehead atoms. The lowest BCUT2D eigenvalue weighted by Crippen LogP contribution is -2.24. The van der Waals surface area contributed by atoms with Gasteiger partial charge >= 0.3 is 0 Å². The molecule has 28 heavy (non-hydrogen) atoms. The van der Waals surface area contributed by atoms with E-state index >= 15 is 0 Å². The van der Waals surface area contributed by atoms with Crippen LogP contribution >= 0.6 is 0 Å². The van der Waals surface area contributed by atoms with Crippen LogP contribution in [-0.4, -0.2) is 21.6 Å². The third-order valence-electron chi connectivity index (χ3n) is 3.88. The van der Waals surface area contributed by atoms with E-state index in [1.54, 1.807) is 36.7 Å². The first-order valence-electron chi connectivity index (χ1n) is 8.49. The number of pyridine rings is 2. The molecule has 0 unspecified atom stereocenters. The highest BCUT2D eigenvalue weighted by Crippen LogP contribution is 2.13. The molecule has 1 aromatic carbocycles. The molecule has 0 atom stereocenters. The monoisotopic (exact) mass is 375 g/mol. The number of amides is 1. The number of nitrogens with two attached hydrogens (primary N) is 1. The van der Waals surface area contributed by atoms with Crippen molar-refractivity contribution in [2.45, 2.75) is 6.54 Å². The molecule has 4 N–H and O–H groups in total. The van der Waals surface area contributed by atoms with Crippen LogP contribution in [0, 0.1) is 11.2 Å². The summed E-state index contributed by atoms with van der Waals surface area (Å²) in [6.07, 6.45) is 6.36. The number of allylic oxidation sites excluding steroid dienone is 1. The van der Waals surface area contributed by atoms with Gasteiger partial charge in [0.1, 0.15) is 17.2 Å². The molecule has 3 aromatic rings. The van der Waals surface area contributed by atoms with Crippen molar-refractivity contribution in [3.8, 4) is 0 Å². The highest BCUT2D eigenvalue weighted by Gasteiger charge is 2.12. The third-order valence-corrected chi connectivity index (χ3v) is 3.88.